The second-order valence-corrected chi connectivity index (χ2v) is 11.4. The smallest absolute Gasteiger partial charge is 0.475 e. The third kappa shape index (κ3) is 8.36. The Hall–Kier alpha value is -2.28. The summed E-state index contributed by atoms with van der Waals surface area (Å²) in [5.41, 5.74) is 1.25. The summed E-state index contributed by atoms with van der Waals surface area (Å²) in [6, 6.07) is 8.79. The molecular weight excluding hydrogens is 545 g/mol. The summed E-state index contributed by atoms with van der Waals surface area (Å²) in [5, 5.41) is 18.7. The van der Waals surface area contributed by atoms with Gasteiger partial charge in [0.05, 0.1) is 6.61 Å². The molecule has 1 aliphatic heterocycles. The number of likely N-dealkylation sites (N-methyl/N-ethyl adjacent to an activating group) is 1. The standard InChI is InChI=1S/C23H31ClN4O2S.C2HF3O2/c1-15-25-26-22(31-15)17-6-10-19(11-7-17)28-13-21(23(29)27(2)3)30-14-20(28)12-16-4-8-18(24)9-5-16;3-2(4,5)1(6)7/h4-5,8-9,17,19-21H,6-7,10-14H2,1-3H3;(H,6,7)/t17?,19?,20-,21+;/m0./s1. The average molecular weight is 577 g/mol. The summed E-state index contributed by atoms with van der Waals surface area (Å²) in [6.45, 7) is 3.24. The molecule has 1 saturated carbocycles. The second kappa shape index (κ2) is 13.2. The van der Waals surface area contributed by atoms with E-state index in [0.29, 0.717) is 25.1 Å². The van der Waals surface area contributed by atoms with Crippen LogP contribution in [0.25, 0.3) is 0 Å². The van der Waals surface area contributed by atoms with Gasteiger partial charge >= 0.3 is 12.1 Å². The van der Waals surface area contributed by atoms with Crippen molar-refractivity contribution >= 4 is 34.8 Å². The van der Waals surface area contributed by atoms with Gasteiger partial charge in [-0.2, -0.15) is 13.2 Å². The Bertz CT molecular complexity index is 1080. The van der Waals surface area contributed by atoms with E-state index in [1.54, 1.807) is 30.3 Å². The molecule has 1 aromatic carbocycles. The zero-order chi connectivity index (χ0) is 28.0. The number of hydrogen-bond donors (Lipinski definition) is 1. The Balaban J connectivity index is 0.000000505. The number of halogens is 4. The number of alkyl halides is 3. The summed E-state index contributed by atoms with van der Waals surface area (Å²) in [4.78, 5) is 25.7. The highest BCUT2D eigenvalue weighted by Gasteiger charge is 2.39. The van der Waals surface area contributed by atoms with Gasteiger partial charge in [-0.1, -0.05) is 23.7 Å². The predicted molar refractivity (Wildman–Crippen MR) is 137 cm³/mol. The monoisotopic (exact) mass is 576 g/mol. The number of aromatic nitrogens is 2. The molecule has 38 heavy (non-hydrogen) atoms. The molecule has 1 aromatic heterocycles. The summed E-state index contributed by atoms with van der Waals surface area (Å²) in [7, 11) is 3.59. The van der Waals surface area contributed by atoms with E-state index in [1.165, 1.54) is 10.6 Å². The topological polar surface area (TPSA) is 95.9 Å². The lowest BCUT2D eigenvalue weighted by atomic mass is 9.84. The number of aliphatic carboxylic acids is 1. The Kier molecular flexibility index (Phi) is 10.5. The second-order valence-electron chi connectivity index (χ2n) is 9.70. The minimum absolute atomic E-state index is 0.0490. The molecular formula is C25H32ClF3N4O4S. The first-order chi connectivity index (χ1) is 17.8. The SMILES string of the molecule is Cc1nnc(C2CCC(N3C[C@H](C(=O)N(C)C)OC[C@@H]3Cc3ccc(Cl)cc3)CC2)s1.O=C(O)C(F)(F)F. The van der Waals surface area contributed by atoms with Crippen molar-refractivity contribution in [2.24, 2.45) is 0 Å². The maximum Gasteiger partial charge on any atom is 0.490 e. The first-order valence-electron chi connectivity index (χ1n) is 12.3. The highest BCUT2D eigenvalue weighted by Crippen LogP contribution is 2.37. The number of hydrogen-bond acceptors (Lipinski definition) is 7. The lowest BCUT2D eigenvalue weighted by Crippen LogP contribution is -2.58. The van der Waals surface area contributed by atoms with Crippen molar-refractivity contribution in [3.05, 3.63) is 44.9 Å². The minimum Gasteiger partial charge on any atom is -0.475 e. The maximum absolute atomic E-state index is 12.6. The van der Waals surface area contributed by atoms with Crippen molar-refractivity contribution in [1.82, 2.24) is 20.0 Å². The summed E-state index contributed by atoms with van der Waals surface area (Å²) in [5.74, 6) is -2.20. The minimum atomic E-state index is -5.08. The molecule has 2 heterocycles. The van der Waals surface area contributed by atoms with E-state index >= 15 is 0 Å². The number of nitrogens with zero attached hydrogens (tertiary/aromatic N) is 4. The number of aryl methyl sites for hydroxylation is 1. The van der Waals surface area contributed by atoms with Gasteiger partial charge in [-0.25, -0.2) is 4.79 Å². The molecule has 1 aliphatic carbocycles. The van der Waals surface area contributed by atoms with Crippen LogP contribution in [0.4, 0.5) is 13.2 Å². The number of carbonyl (C=O) groups is 2. The molecule has 2 aromatic rings. The molecule has 0 bridgehead atoms. The van der Waals surface area contributed by atoms with E-state index < -0.39 is 12.1 Å². The van der Waals surface area contributed by atoms with E-state index in [0.717, 1.165) is 42.1 Å². The number of carbonyl (C=O) groups excluding carboxylic acids is 1. The fourth-order valence-corrected chi connectivity index (χ4v) is 5.80. The van der Waals surface area contributed by atoms with Gasteiger partial charge in [-0.3, -0.25) is 9.69 Å². The Morgan fingerprint density at radius 2 is 1.76 bits per heavy atom. The van der Waals surface area contributed by atoms with Gasteiger partial charge in [0, 0.05) is 43.7 Å². The van der Waals surface area contributed by atoms with Crippen LogP contribution in [0, 0.1) is 6.92 Å². The summed E-state index contributed by atoms with van der Waals surface area (Å²) >= 11 is 7.79. The Labute approximate surface area is 228 Å². The third-order valence-electron chi connectivity index (χ3n) is 6.74. The van der Waals surface area contributed by atoms with Gasteiger partial charge in [0.15, 0.2) is 0 Å². The molecule has 2 aliphatic rings. The van der Waals surface area contributed by atoms with Crippen molar-refractivity contribution in [1.29, 1.82) is 0 Å². The van der Waals surface area contributed by atoms with Crippen molar-refractivity contribution in [3.63, 3.8) is 0 Å². The van der Waals surface area contributed by atoms with Gasteiger partial charge in [-0.15, -0.1) is 21.5 Å². The van der Waals surface area contributed by atoms with Crippen molar-refractivity contribution < 1.29 is 32.6 Å². The fraction of sp³-hybridized carbons (Fsp3) is 0.600. The molecule has 0 radical (unpaired) electrons. The Morgan fingerprint density at radius 3 is 2.26 bits per heavy atom. The number of carboxylic acid groups (broad SMARTS) is 1. The fourth-order valence-electron chi connectivity index (χ4n) is 4.80. The number of morpholine rings is 1. The molecule has 8 nitrogen and oxygen atoms in total. The van der Waals surface area contributed by atoms with Crippen molar-refractivity contribution in [2.75, 3.05) is 27.2 Å². The molecule has 0 unspecified atom stereocenters. The van der Waals surface area contributed by atoms with Crippen LogP contribution < -0.4 is 0 Å². The highest BCUT2D eigenvalue weighted by atomic mass is 35.5. The first-order valence-corrected chi connectivity index (χ1v) is 13.5. The average Bonchev–Trinajstić information content (AvgIpc) is 3.31. The number of ether oxygens (including phenoxy) is 1. The molecule has 4 rings (SSSR count). The third-order valence-corrected chi connectivity index (χ3v) is 7.99. The molecule has 2 fully saturated rings. The zero-order valence-corrected chi connectivity index (χ0v) is 23.0. The molecule has 2 atom stereocenters. The molecule has 1 N–H and O–H groups in total. The predicted octanol–water partition coefficient (Wildman–Crippen LogP) is 4.56. The maximum atomic E-state index is 12.6. The highest BCUT2D eigenvalue weighted by molar-refractivity contribution is 7.11. The Morgan fingerprint density at radius 1 is 1.16 bits per heavy atom. The number of amides is 1. The van der Waals surface area contributed by atoms with Crippen LogP contribution in [-0.2, 0) is 20.7 Å². The van der Waals surface area contributed by atoms with Crippen LogP contribution in [-0.4, -0.2) is 88.6 Å². The van der Waals surface area contributed by atoms with Gasteiger partial charge in [0.25, 0.3) is 5.91 Å². The van der Waals surface area contributed by atoms with Gasteiger partial charge in [0.1, 0.15) is 16.1 Å². The molecule has 1 amide bonds. The van der Waals surface area contributed by atoms with Crippen LogP contribution in [0.1, 0.15) is 47.2 Å². The van der Waals surface area contributed by atoms with Crippen LogP contribution in [0.5, 0.6) is 0 Å². The molecule has 210 valence electrons. The van der Waals surface area contributed by atoms with E-state index in [4.69, 9.17) is 26.2 Å². The quantitative estimate of drug-likeness (QED) is 0.557. The molecule has 13 heteroatoms. The van der Waals surface area contributed by atoms with E-state index in [9.17, 15) is 18.0 Å². The first kappa shape index (κ1) is 30.3. The van der Waals surface area contributed by atoms with Gasteiger partial charge < -0.3 is 14.7 Å². The van der Waals surface area contributed by atoms with Crippen LogP contribution in [0.2, 0.25) is 5.02 Å². The van der Waals surface area contributed by atoms with E-state index in [-0.39, 0.29) is 18.1 Å². The zero-order valence-electron chi connectivity index (χ0n) is 21.4. The van der Waals surface area contributed by atoms with E-state index in [2.05, 4.69) is 27.2 Å². The van der Waals surface area contributed by atoms with Gasteiger partial charge in [0.2, 0.25) is 0 Å². The van der Waals surface area contributed by atoms with Crippen LogP contribution in [0.15, 0.2) is 24.3 Å². The summed E-state index contributed by atoms with van der Waals surface area (Å²) < 4.78 is 37.8. The van der Waals surface area contributed by atoms with Crippen molar-refractivity contribution in [2.45, 2.75) is 69.3 Å². The molecule has 0 spiro atoms. The largest absolute Gasteiger partial charge is 0.490 e. The number of carboxylic acids is 1. The number of benzene rings is 1. The normalized spacial score (nSPS) is 24.3. The lowest BCUT2D eigenvalue weighted by molar-refractivity contribution is -0.192. The van der Waals surface area contributed by atoms with Crippen LogP contribution >= 0.6 is 22.9 Å². The molecule has 1 saturated heterocycles. The van der Waals surface area contributed by atoms with Crippen molar-refractivity contribution in [3.8, 4) is 0 Å². The van der Waals surface area contributed by atoms with Crippen LogP contribution in [0.3, 0.4) is 0 Å². The van der Waals surface area contributed by atoms with E-state index in [1.807, 2.05) is 19.1 Å². The number of rotatable bonds is 5. The lowest BCUT2D eigenvalue weighted by Gasteiger charge is -2.46. The van der Waals surface area contributed by atoms with Gasteiger partial charge in [-0.05, 0) is 56.7 Å². The summed E-state index contributed by atoms with van der Waals surface area (Å²) in [6.07, 6.45) is -0.102.